The third-order valence-electron chi connectivity index (χ3n) is 3.26. The number of carbonyl (C=O) groups excluding carboxylic acids is 2. The molecule has 0 aliphatic carbocycles. The van der Waals surface area contributed by atoms with E-state index in [0.29, 0.717) is 19.3 Å². The third kappa shape index (κ3) is 7.24. The van der Waals surface area contributed by atoms with Gasteiger partial charge in [-0.15, -0.1) is 0 Å². The number of amides is 2. The highest BCUT2D eigenvalue weighted by atomic mass is 127. The summed E-state index contributed by atoms with van der Waals surface area (Å²) in [6.07, 6.45) is 3.36. The molecule has 1 aromatic carbocycles. The van der Waals surface area contributed by atoms with Crippen molar-refractivity contribution in [2.45, 2.75) is 46.0 Å². The van der Waals surface area contributed by atoms with Crippen LogP contribution in [0, 0.1) is 3.57 Å². The predicted molar refractivity (Wildman–Crippen MR) is 98.8 cm³/mol. The van der Waals surface area contributed by atoms with Crippen molar-refractivity contribution in [2.75, 3.05) is 18.4 Å². The molecule has 0 atom stereocenters. The van der Waals surface area contributed by atoms with Crippen LogP contribution in [-0.2, 0) is 9.59 Å². The van der Waals surface area contributed by atoms with Crippen LogP contribution in [0.3, 0.4) is 0 Å². The minimum Gasteiger partial charge on any atom is -0.343 e. The minimum atomic E-state index is -0.0356. The van der Waals surface area contributed by atoms with Crippen LogP contribution in [0.4, 0.5) is 5.69 Å². The molecule has 0 aliphatic heterocycles. The maximum atomic E-state index is 12.1. The van der Waals surface area contributed by atoms with Gasteiger partial charge >= 0.3 is 0 Å². The van der Waals surface area contributed by atoms with E-state index in [-0.39, 0.29) is 11.8 Å². The van der Waals surface area contributed by atoms with Gasteiger partial charge < -0.3 is 10.2 Å². The van der Waals surface area contributed by atoms with Gasteiger partial charge in [0, 0.05) is 35.2 Å². The van der Waals surface area contributed by atoms with Crippen LogP contribution < -0.4 is 5.32 Å². The van der Waals surface area contributed by atoms with Crippen molar-refractivity contribution in [3.8, 4) is 0 Å². The molecule has 0 radical (unpaired) electrons. The van der Waals surface area contributed by atoms with Gasteiger partial charge in [-0.2, -0.15) is 0 Å². The lowest BCUT2D eigenvalue weighted by molar-refractivity contribution is -0.131. The first-order chi connectivity index (χ1) is 10.6. The van der Waals surface area contributed by atoms with Crippen LogP contribution in [-0.4, -0.2) is 29.8 Å². The lowest BCUT2D eigenvalue weighted by Gasteiger charge is -2.21. The zero-order valence-electron chi connectivity index (χ0n) is 13.4. The van der Waals surface area contributed by atoms with Crippen LogP contribution in [0.2, 0.25) is 0 Å². The average molecular weight is 416 g/mol. The molecule has 5 heteroatoms. The smallest absolute Gasteiger partial charge is 0.224 e. The Kier molecular flexibility index (Phi) is 9.11. The number of halogens is 1. The molecule has 122 valence electrons. The van der Waals surface area contributed by atoms with E-state index in [4.69, 9.17) is 0 Å². The number of rotatable bonds is 9. The molecule has 1 aromatic rings. The van der Waals surface area contributed by atoms with Crippen molar-refractivity contribution in [1.29, 1.82) is 0 Å². The number of nitrogens with zero attached hydrogens (tertiary/aromatic N) is 1. The highest BCUT2D eigenvalue weighted by molar-refractivity contribution is 14.1. The summed E-state index contributed by atoms with van der Waals surface area (Å²) in [5.41, 5.74) is 0.801. The fourth-order valence-corrected chi connectivity index (χ4v) is 2.58. The Morgan fingerprint density at radius 3 is 2.18 bits per heavy atom. The summed E-state index contributed by atoms with van der Waals surface area (Å²) < 4.78 is 1.13. The van der Waals surface area contributed by atoms with Crippen molar-refractivity contribution in [1.82, 2.24) is 4.90 Å². The average Bonchev–Trinajstić information content (AvgIpc) is 2.49. The standard InChI is InChI=1S/C17H25IN2O2/c1-3-12-20(13-4-2)17(22)7-5-6-16(21)19-15-10-8-14(18)9-11-15/h8-11H,3-7,12-13H2,1-2H3,(H,19,21). The van der Waals surface area contributed by atoms with Gasteiger partial charge in [0.15, 0.2) is 0 Å². The summed E-state index contributed by atoms with van der Waals surface area (Å²) in [6, 6.07) is 7.67. The maximum absolute atomic E-state index is 12.1. The lowest BCUT2D eigenvalue weighted by atomic mass is 10.2. The maximum Gasteiger partial charge on any atom is 0.224 e. The van der Waals surface area contributed by atoms with Crippen molar-refractivity contribution < 1.29 is 9.59 Å². The van der Waals surface area contributed by atoms with Crippen LogP contribution in [0.15, 0.2) is 24.3 Å². The highest BCUT2D eigenvalue weighted by Gasteiger charge is 2.12. The first-order valence-electron chi connectivity index (χ1n) is 7.90. The molecule has 0 spiro atoms. The number of hydrogen-bond acceptors (Lipinski definition) is 2. The molecule has 0 aromatic heterocycles. The first kappa shape index (κ1) is 18.9. The second-order valence-electron chi connectivity index (χ2n) is 5.29. The second kappa shape index (κ2) is 10.6. The van der Waals surface area contributed by atoms with E-state index in [1.165, 1.54) is 0 Å². The summed E-state index contributed by atoms with van der Waals surface area (Å²) in [4.78, 5) is 25.9. The zero-order valence-corrected chi connectivity index (χ0v) is 15.6. The van der Waals surface area contributed by atoms with Crippen molar-refractivity contribution in [3.63, 3.8) is 0 Å². The van der Waals surface area contributed by atoms with E-state index in [2.05, 4.69) is 41.8 Å². The van der Waals surface area contributed by atoms with Crippen molar-refractivity contribution >= 4 is 40.1 Å². The molecule has 1 N–H and O–H groups in total. The monoisotopic (exact) mass is 416 g/mol. The second-order valence-corrected chi connectivity index (χ2v) is 6.54. The summed E-state index contributed by atoms with van der Waals surface area (Å²) in [5.74, 6) is 0.123. The van der Waals surface area contributed by atoms with E-state index >= 15 is 0 Å². The van der Waals surface area contributed by atoms with E-state index in [1.54, 1.807) is 0 Å². The lowest BCUT2D eigenvalue weighted by Crippen LogP contribution is -2.32. The Bertz CT molecular complexity index is 468. The van der Waals surface area contributed by atoms with Gasteiger partial charge in [0.2, 0.25) is 11.8 Å². The van der Waals surface area contributed by atoms with Gasteiger partial charge in [-0.25, -0.2) is 0 Å². The Labute approximate surface area is 146 Å². The largest absolute Gasteiger partial charge is 0.343 e. The van der Waals surface area contributed by atoms with Crippen molar-refractivity contribution in [3.05, 3.63) is 27.8 Å². The van der Waals surface area contributed by atoms with E-state index in [9.17, 15) is 9.59 Å². The Morgan fingerprint density at radius 2 is 1.64 bits per heavy atom. The number of hydrogen-bond donors (Lipinski definition) is 1. The quantitative estimate of drug-likeness (QED) is 0.618. The third-order valence-corrected chi connectivity index (χ3v) is 3.98. The van der Waals surface area contributed by atoms with Crippen LogP contribution in [0.5, 0.6) is 0 Å². The number of benzene rings is 1. The number of carbonyl (C=O) groups is 2. The molecule has 0 unspecified atom stereocenters. The Balaban J connectivity index is 2.31. The fraction of sp³-hybridized carbons (Fsp3) is 0.529. The Morgan fingerprint density at radius 1 is 1.05 bits per heavy atom. The molecular weight excluding hydrogens is 391 g/mol. The first-order valence-corrected chi connectivity index (χ1v) is 8.97. The minimum absolute atomic E-state index is 0.0356. The summed E-state index contributed by atoms with van der Waals surface area (Å²) >= 11 is 2.22. The highest BCUT2D eigenvalue weighted by Crippen LogP contribution is 2.12. The molecule has 0 fully saturated rings. The van der Waals surface area contributed by atoms with E-state index in [1.807, 2.05) is 29.2 Å². The summed E-state index contributed by atoms with van der Waals surface area (Å²) in [7, 11) is 0. The molecule has 0 aliphatic rings. The van der Waals surface area contributed by atoms with Crippen LogP contribution in [0.1, 0.15) is 46.0 Å². The SMILES string of the molecule is CCCN(CCC)C(=O)CCCC(=O)Nc1ccc(I)cc1. The van der Waals surface area contributed by atoms with Crippen LogP contribution >= 0.6 is 22.6 Å². The molecule has 2 amide bonds. The molecule has 1 rings (SSSR count). The van der Waals surface area contributed by atoms with Crippen LogP contribution in [0.25, 0.3) is 0 Å². The topological polar surface area (TPSA) is 49.4 Å². The normalized spacial score (nSPS) is 10.3. The summed E-state index contributed by atoms with van der Waals surface area (Å²) in [5, 5.41) is 2.86. The van der Waals surface area contributed by atoms with Gasteiger partial charge in [0.05, 0.1) is 0 Å². The van der Waals surface area contributed by atoms with E-state index < -0.39 is 0 Å². The van der Waals surface area contributed by atoms with Crippen molar-refractivity contribution in [2.24, 2.45) is 0 Å². The molecule has 0 saturated heterocycles. The van der Waals surface area contributed by atoms with Gasteiger partial charge in [-0.1, -0.05) is 13.8 Å². The van der Waals surface area contributed by atoms with Gasteiger partial charge in [-0.05, 0) is 66.1 Å². The molecular formula is C17H25IN2O2. The zero-order chi connectivity index (χ0) is 16.4. The fourth-order valence-electron chi connectivity index (χ4n) is 2.22. The molecule has 0 heterocycles. The predicted octanol–water partition coefficient (Wildman–Crippen LogP) is 4.05. The van der Waals surface area contributed by atoms with Gasteiger partial charge in [-0.3, -0.25) is 9.59 Å². The van der Waals surface area contributed by atoms with Gasteiger partial charge in [0.25, 0.3) is 0 Å². The number of anilines is 1. The van der Waals surface area contributed by atoms with E-state index in [0.717, 1.165) is 35.2 Å². The Hall–Kier alpha value is -1.11. The van der Waals surface area contributed by atoms with Gasteiger partial charge in [0.1, 0.15) is 0 Å². The number of nitrogens with one attached hydrogen (secondary N) is 1. The molecule has 0 saturated carbocycles. The molecule has 22 heavy (non-hydrogen) atoms. The molecule has 4 nitrogen and oxygen atoms in total. The summed E-state index contributed by atoms with van der Waals surface area (Å²) in [6.45, 7) is 5.76. The molecule has 0 bridgehead atoms.